The van der Waals surface area contributed by atoms with Crippen LogP contribution in [0.5, 0.6) is 0 Å². The molecule has 0 spiro atoms. The number of ketones is 1. The van der Waals surface area contributed by atoms with Gasteiger partial charge in [-0.05, 0) is 61.4 Å². The van der Waals surface area contributed by atoms with Gasteiger partial charge in [0.25, 0.3) is 0 Å². The van der Waals surface area contributed by atoms with Gasteiger partial charge >= 0.3 is 0 Å². The van der Waals surface area contributed by atoms with Crippen LogP contribution in [0.3, 0.4) is 0 Å². The maximum absolute atomic E-state index is 12.9. The Labute approximate surface area is 151 Å². The minimum absolute atomic E-state index is 0.0885. The van der Waals surface area contributed by atoms with E-state index in [2.05, 4.69) is 15.5 Å². The van der Waals surface area contributed by atoms with Crippen LogP contribution in [0.4, 0.5) is 0 Å². The summed E-state index contributed by atoms with van der Waals surface area (Å²) in [5, 5.41) is 12.3. The van der Waals surface area contributed by atoms with Gasteiger partial charge in [0.2, 0.25) is 5.16 Å². The second-order valence-corrected chi connectivity index (χ2v) is 7.41. The molecule has 1 atom stereocenters. The molecule has 5 nitrogen and oxygen atoms in total. The third-order valence-corrected chi connectivity index (χ3v) is 5.13. The molecule has 3 rings (SSSR count). The SMILES string of the molecule is Cc1ccc(C)c(C(=O)C(C)Sc2nnnn2-c2ccccc2C)c1. The van der Waals surface area contributed by atoms with Crippen LogP contribution in [-0.2, 0) is 0 Å². The molecule has 25 heavy (non-hydrogen) atoms. The Hall–Kier alpha value is -2.47. The number of rotatable bonds is 5. The van der Waals surface area contributed by atoms with Crippen LogP contribution in [0.2, 0.25) is 0 Å². The summed E-state index contributed by atoms with van der Waals surface area (Å²) in [6.45, 7) is 7.86. The van der Waals surface area contributed by atoms with Gasteiger partial charge in [-0.1, -0.05) is 47.7 Å². The molecular weight excluding hydrogens is 332 g/mol. The molecule has 0 aliphatic rings. The second-order valence-electron chi connectivity index (χ2n) is 6.10. The van der Waals surface area contributed by atoms with Gasteiger partial charge in [0.15, 0.2) is 5.78 Å². The number of tetrazole rings is 1. The van der Waals surface area contributed by atoms with Crippen molar-refractivity contribution in [1.29, 1.82) is 0 Å². The van der Waals surface area contributed by atoms with Crippen molar-refractivity contribution in [2.75, 3.05) is 0 Å². The molecule has 3 aromatic rings. The lowest BCUT2D eigenvalue weighted by Gasteiger charge is -2.13. The summed E-state index contributed by atoms with van der Waals surface area (Å²) >= 11 is 1.38. The first-order chi connectivity index (χ1) is 12.0. The predicted octanol–water partition coefficient (Wildman–Crippen LogP) is 3.95. The average molecular weight is 352 g/mol. The zero-order chi connectivity index (χ0) is 18.0. The van der Waals surface area contributed by atoms with Crippen LogP contribution in [0.25, 0.3) is 5.69 Å². The first-order valence-electron chi connectivity index (χ1n) is 8.10. The Morgan fingerprint density at radius 3 is 2.60 bits per heavy atom. The number of para-hydroxylation sites is 1. The van der Waals surface area contributed by atoms with Crippen LogP contribution in [-0.4, -0.2) is 31.2 Å². The van der Waals surface area contributed by atoms with E-state index in [1.165, 1.54) is 11.8 Å². The minimum Gasteiger partial charge on any atom is -0.293 e. The summed E-state index contributed by atoms with van der Waals surface area (Å²) in [7, 11) is 0. The number of carbonyl (C=O) groups is 1. The van der Waals surface area contributed by atoms with Crippen molar-refractivity contribution in [3.8, 4) is 5.69 Å². The van der Waals surface area contributed by atoms with Gasteiger partial charge in [0.05, 0.1) is 10.9 Å². The van der Waals surface area contributed by atoms with Crippen LogP contribution in [0, 0.1) is 20.8 Å². The van der Waals surface area contributed by atoms with E-state index >= 15 is 0 Å². The van der Waals surface area contributed by atoms with Gasteiger partial charge in [0.1, 0.15) is 0 Å². The fourth-order valence-electron chi connectivity index (χ4n) is 2.64. The molecule has 0 saturated heterocycles. The predicted molar refractivity (Wildman–Crippen MR) is 99.5 cm³/mol. The van der Waals surface area contributed by atoms with Crippen molar-refractivity contribution in [2.24, 2.45) is 0 Å². The molecule has 0 N–H and O–H groups in total. The molecule has 1 aromatic heterocycles. The number of Topliss-reactive ketones (excluding diaryl/α,β-unsaturated/α-hetero) is 1. The maximum Gasteiger partial charge on any atom is 0.214 e. The lowest BCUT2D eigenvalue weighted by atomic mass is 10.0. The van der Waals surface area contributed by atoms with E-state index in [1.54, 1.807) is 4.68 Å². The molecule has 2 aromatic carbocycles. The quantitative estimate of drug-likeness (QED) is 0.514. The second kappa shape index (κ2) is 7.19. The van der Waals surface area contributed by atoms with Crippen LogP contribution >= 0.6 is 11.8 Å². The van der Waals surface area contributed by atoms with E-state index < -0.39 is 0 Å². The molecule has 1 heterocycles. The fourth-order valence-corrected chi connectivity index (χ4v) is 3.51. The lowest BCUT2D eigenvalue weighted by molar-refractivity contribution is 0.0993. The van der Waals surface area contributed by atoms with Gasteiger partial charge in [0, 0.05) is 5.56 Å². The molecule has 0 bridgehead atoms. The van der Waals surface area contributed by atoms with E-state index in [-0.39, 0.29) is 11.0 Å². The highest BCUT2D eigenvalue weighted by molar-refractivity contribution is 8.00. The molecule has 0 amide bonds. The fraction of sp³-hybridized carbons (Fsp3) is 0.263. The van der Waals surface area contributed by atoms with E-state index in [9.17, 15) is 4.79 Å². The summed E-state index contributed by atoms with van der Waals surface area (Å²) in [5.74, 6) is 0.0885. The van der Waals surface area contributed by atoms with Crippen molar-refractivity contribution < 1.29 is 4.79 Å². The normalized spacial score (nSPS) is 12.2. The third kappa shape index (κ3) is 3.64. The van der Waals surface area contributed by atoms with Crippen molar-refractivity contribution in [3.63, 3.8) is 0 Å². The highest BCUT2D eigenvalue weighted by Gasteiger charge is 2.22. The molecule has 0 fully saturated rings. The Morgan fingerprint density at radius 1 is 1.08 bits per heavy atom. The number of aryl methyl sites for hydroxylation is 3. The molecule has 0 aliphatic heterocycles. The van der Waals surface area contributed by atoms with E-state index in [1.807, 2.05) is 70.2 Å². The molecule has 1 unspecified atom stereocenters. The average Bonchev–Trinajstić information content (AvgIpc) is 3.04. The van der Waals surface area contributed by atoms with Crippen molar-refractivity contribution in [2.45, 2.75) is 38.1 Å². The Kier molecular flexibility index (Phi) is 4.99. The third-order valence-electron chi connectivity index (χ3n) is 4.09. The first kappa shape index (κ1) is 17.4. The maximum atomic E-state index is 12.9. The number of hydrogen-bond acceptors (Lipinski definition) is 5. The zero-order valence-electron chi connectivity index (χ0n) is 14.7. The molecule has 6 heteroatoms. The van der Waals surface area contributed by atoms with Crippen molar-refractivity contribution >= 4 is 17.5 Å². The Morgan fingerprint density at radius 2 is 1.84 bits per heavy atom. The highest BCUT2D eigenvalue weighted by Crippen LogP contribution is 2.27. The van der Waals surface area contributed by atoms with E-state index in [0.29, 0.717) is 5.16 Å². The monoisotopic (exact) mass is 352 g/mol. The molecular formula is C19H20N4OS. The van der Waals surface area contributed by atoms with Gasteiger partial charge < -0.3 is 0 Å². The van der Waals surface area contributed by atoms with Crippen LogP contribution in [0.15, 0.2) is 47.6 Å². The van der Waals surface area contributed by atoms with E-state index in [0.717, 1.165) is 27.9 Å². The van der Waals surface area contributed by atoms with Crippen LogP contribution < -0.4 is 0 Å². The van der Waals surface area contributed by atoms with Gasteiger partial charge in [-0.15, -0.1) is 5.10 Å². The smallest absolute Gasteiger partial charge is 0.214 e. The van der Waals surface area contributed by atoms with Crippen molar-refractivity contribution in [1.82, 2.24) is 20.2 Å². The largest absolute Gasteiger partial charge is 0.293 e. The van der Waals surface area contributed by atoms with Crippen molar-refractivity contribution in [3.05, 3.63) is 64.7 Å². The summed E-state index contributed by atoms with van der Waals surface area (Å²) < 4.78 is 1.69. The zero-order valence-corrected chi connectivity index (χ0v) is 15.5. The first-order valence-corrected chi connectivity index (χ1v) is 8.98. The lowest BCUT2D eigenvalue weighted by Crippen LogP contribution is -2.16. The summed E-state index contributed by atoms with van der Waals surface area (Å²) in [4.78, 5) is 12.9. The Bertz CT molecular complexity index is 919. The molecule has 0 radical (unpaired) electrons. The molecule has 0 aliphatic carbocycles. The number of hydrogen-bond donors (Lipinski definition) is 0. The standard InChI is InChI=1S/C19H20N4OS/c1-12-9-10-13(2)16(11-12)18(24)15(4)25-19-20-21-22-23(19)17-8-6-5-7-14(17)3/h5-11,15H,1-4H3. The van der Waals surface area contributed by atoms with Gasteiger partial charge in [-0.2, -0.15) is 4.68 Å². The summed E-state index contributed by atoms with van der Waals surface area (Å²) in [6, 6.07) is 13.8. The molecule has 128 valence electrons. The Balaban J connectivity index is 1.86. The summed E-state index contributed by atoms with van der Waals surface area (Å²) in [6.07, 6.45) is 0. The molecule has 0 saturated carbocycles. The number of benzene rings is 2. The number of nitrogens with zero attached hydrogens (tertiary/aromatic N) is 4. The van der Waals surface area contributed by atoms with Crippen LogP contribution in [0.1, 0.15) is 34.0 Å². The summed E-state index contributed by atoms with van der Waals surface area (Å²) in [5.41, 5.74) is 4.82. The van der Waals surface area contributed by atoms with E-state index in [4.69, 9.17) is 0 Å². The number of aromatic nitrogens is 4. The minimum atomic E-state index is -0.283. The topological polar surface area (TPSA) is 60.7 Å². The van der Waals surface area contributed by atoms with Gasteiger partial charge in [-0.25, -0.2) is 0 Å². The number of carbonyl (C=O) groups excluding carboxylic acids is 1. The number of thioether (sulfide) groups is 1. The van der Waals surface area contributed by atoms with Gasteiger partial charge in [-0.3, -0.25) is 4.79 Å². The highest BCUT2D eigenvalue weighted by atomic mass is 32.2.